The fourth-order valence-corrected chi connectivity index (χ4v) is 2.84. The van der Waals surface area contributed by atoms with Crippen LogP contribution in [0.25, 0.3) is 22.7 Å². The van der Waals surface area contributed by atoms with Gasteiger partial charge in [0.25, 0.3) is 0 Å². The Morgan fingerprint density at radius 3 is 2.74 bits per heavy atom. The van der Waals surface area contributed by atoms with Crippen LogP contribution in [0.5, 0.6) is 0 Å². The molecular formula is C19H17N3O. The van der Waals surface area contributed by atoms with Crippen molar-refractivity contribution in [2.75, 3.05) is 0 Å². The van der Waals surface area contributed by atoms with Gasteiger partial charge in [-0.3, -0.25) is 0 Å². The zero-order valence-electron chi connectivity index (χ0n) is 13.2. The molecule has 0 bridgehead atoms. The summed E-state index contributed by atoms with van der Waals surface area (Å²) in [6.07, 6.45) is 1.80. The van der Waals surface area contributed by atoms with Crippen LogP contribution in [0.15, 0.2) is 59.1 Å². The van der Waals surface area contributed by atoms with Crippen LogP contribution in [0.4, 0.5) is 0 Å². The molecule has 3 aromatic heterocycles. The fourth-order valence-electron chi connectivity index (χ4n) is 2.84. The molecule has 0 saturated heterocycles. The second-order valence-corrected chi connectivity index (χ2v) is 5.77. The third-order valence-electron chi connectivity index (χ3n) is 3.89. The van der Waals surface area contributed by atoms with Crippen LogP contribution in [-0.4, -0.2) is 14.5 Å². The minimum atomic E-state index is 0.713. The number of hydrogen-bond acceptors (Lipinski definition) is 3. The Kier molecular flexibility index (Phi) is 3.23. The highest BCUT2D eigenvalue weighted by atomic mass is 16.3. The lowest BCUT2D eigenvalue weighted by molar-refractivity contribution is 0.540. The maximum absolute atomic E-state index is 5.79. The molecule has 0 atom stereocenters. The standard InChI is InChI=1S/C19H17N3O/c1-13-5-3-6-15(11-13)12-22-18-16(7-4-10-20-18)21-19(22)17-9-8-14(2)23-17/h3-11H,12H2,1-2H3. The fraction of sp³-hybridized carbons (Fsp3) is 0.158. The molecule has 0 radical (unpaired) electrons. The van der Waals surface area contributed by atoms with Gasteiger partial charge in [0.2, 0.25) is 0 Å². The summed E-state index contributed by atoms with van der Waals surface area (Å²) in [5.41, 5.74) is 4.22. The van der Waals surface area contributed by atoms with Crippen LogP contribution in [0.2, 0.25) is 0 Å². The summed E-state index contributed by atoms with van der Waals surface area (Å²) in [6.45, 7) is 4.75. The number of aromatic nitrogens is 3. The first-order valence-electron chi connectivity index (χ1n) is 7.64. The molecule has 0 aliphatic rings. The van der Waals surface area contributed by atoms with E-state index in [1.807, 2.05) is 31.2 Å². The first-order valence-corrected chi connectivity index (χ1v) is 7.64. The SMILES string of the molecule is Cc1cccc(Cn2c(-c3ccc(C)o3)nc3cccnc32)c1. The van der Waals surface area contributed by atoms with Gasteiger partial charge in [-0.2, -0.15) is 0 Å². The van der Waals surface area contributed by atoms with Crippen LogP contribution in [0.1, 0.15) is 16.9 Å². The second-order valence-electron chi connectivity index (χ2n) is 5.77. The Labute approximate surface area is 134 Å². The quantitative estimate of drug-likeness (QED) is 0.565. The van der Waals surface area contributed by atoms with Crippen LogP contribution < -0.4 is 0 Å². The summed E-state index contributed by atoms with van der Waals surface area (Å²) in [7, 11) is 0. The van der Waals surface area contributed by atoms with Gasteiger partial charge in [0.05, 0.1) is 6.54 Å². The number of hydrogen-bond donors (Lipinski definition) is 0. The molecule has 0 unspecified atom stereocenters. The lowest BCUT2D eigenvalue weighted by atomic mass is 10.1. The van der Waals surface area contributed by atoms with Crippen molar-refractivity contribution < 1.29 is 4.42 Å². The van der Waals surface area contributed by atoms with E-state index in [0.29, 0.717) is 6.54 Å². The minimum Gasteiger partial charge on any atom is -0.458 e. The molecule has 23 heavy (non-hydrogen) atoms. The van der Waals surface area contributed by atoms with Crippen LogP contribution >= 0.6 is 0 Å². The highest BCUT2D eigenvalue weighted by molar-refractivity contribution is 5.76. The maximum atomic E-state index is 5.79. The smallest absolute Gasteiger partial charge is 0.178 e. The topological polar surface area (TPSA) is 43.9 Å². The van der Waals surface area contributed by atoms with Gasteiger partial charge in [-0.05, 0) is 43.7 Å². The van der Waals surface area contributed by atoms with Crippen molar-refractivity contribution in [1.29, 1.82) is 0 Å². The van der Waals surface area contributed by atoms with Gasteiger partial charge in [0.15, 0.2) is 17.2 Å². The van der Waals surface area contributed by atoms with Crippen molar-refractivity contribution in [3.63, 3.8) is 0 Å². The predicted octanol–water partition coefficient (Wildman–Crippen LogP) is 4.36. The van der Waals surface area contributed by atoms with E-state index in [9.17, 15) is 0 Å². The normalized spacial score (nSPS) is 11.2. The molecule has 0 aliphatic heterocycles. The number of pyridine rings is 1. The van der Waals surface area contributed by atoms with Gasteiger partial charge in [-0.1, -0.05) is 29.8 Å². The van der Waals surface area contributed by atoms with Crippen molar-refractivity contribution >= 4 is 11.2 Å². The molecule has 0 N–H and O–H groups in total. The van der Waals surface area contributed by atoms with Gasteiger partial charge in [-0.25, -0.2) is 9.97 Å². The van der Waals surface area contributed by atoms with Crippen molar-refractivity contribution in [3.05, 3.63) is 71.6 Å². The zero-order chi connectivity index (χ0) is 15.8. The monoisotopic (exact) mass is 303 g/mol. The zero-order valence-corrected chi connectivity index (χ0v) is 13.2. The van der Waals surface area contributed by atoms with E-state index >= 15 is 0 Å². The van der Waals surface area contributed by atoms with Gasteiger partial charge in [0, 0.05) is 6.20 Å². The number of aryl methyl sites for hydroxylation is 2. The van der Waals surface area contributed by atoms with Crippen LogP contribution in [0, 0.1) is 13.8 Å². The van der Waals surface area contributed by atoms with Crippen LogP contribution in [0.3, 0.4) is 0 Å². The number of benzene rings is 1. The average molecular weight is 303 g/mol. The Morgan fingerprint density at radius 1 is 1.04 bits per heavy atom. The van der Waals surface area contributed by atoms with Crippen molar-refractivity contribution in [2.45, 2.75) is 20.4 Å². The molecule has 4 heteroatoms. The molecular weight excluding hydrogens is 286 g/mol. The number of imidazole rings is 1. The highest BCUT2D eigenvalue weighted by Crippen LogP contribution is 2.26. The van der Waals surface area contributed by atoms with E-state index in [4.69, 9.17) is 9.40 Å². The lowest BCUT2D eigenvalue weighted by Crippen LogP contribution is -2.03. The van der Waals surface area contributed by atoms with E-state index in [2.05, 4.69) is 40.7 Å². The van der Waals surface area contributed by atoms with Gasteiger partial charge in [0.1, 0.15) is 11.3 Å². The summed E-state index contributed by atoms with van der Waals surface area (Å²) >= 11 is 0. The Hall–Kier alpha value is -2.88. The molecule has 114 valence electrons. The van der Waals surface area contributed by atoms with Crippen molar-refractivity contribution in [2.24, 2.45) is 0 Å². The molecule has 4 aromatic rings. The van der Waals surface area contributed by atoms with E-state index in [1.165, 1.54) is 11.1 Å². The number of rotatable bonds is 3. The van der Waals surface area contributed by atoms with Crippen molar-refractivity contribution in [1.82, 2.24) is 14.5 Å². The molecule has 0 saturated carbocycles. The van der Waals surface area contributed by atoms with Gasteiger partial charge in [-0.15, -0.1) is 0 Å². The number of nitrogens with zero attached hydrogens (tertiary/aromatic N) is 3. The van der Waals surface area contributed by atoms with Crippen molar-refractivity contribution in [3.8, 4) is 11.6 Å². The minimum absolute atomic E-state index is 0.713. The molecule has 0 fully saturated rings. The third kappa shape index (κ3) is 2.52. The highest BCUT2D eigenvalue weighted by Gasteiger charge is 2.16. The Morgan fingerprint density at radius 2 is 1.96 bits per heavy atom. The van der Waals surface area contributed by atoms with E-state index in [1.54, 1.807) is 6.20 Å². The second kappa shape index (κ2) is 5.39. The average Bonchev–Trinajstić information content (AvgIpc) is 3.12. The van der Waals surface area contributed by atoms with Gasteiger partial charge >= 0.3 is 0 Å². The molecule has 4 rings (SSSR count). The number of fused-ring (bicyclic) bond motifs is 1. The van der Waals surface area contributed by atoms with Gasteiger partial charge < -0.3 is 8.98 Å². The Bertz CT molecular complexity index is 981. The molecule has 1 aromatic carbocycles. The molecule has 0 aliphatic carbocycles. The largest absolute Gasteiger partial charge is 0.458 e. The van der Waals surface area contributed by atoms with Crippen LogP contribution in [-0.2, 0) is 6.54 Å². The molecule has 0 amide bonds. The molecule has 0 spiro atoms. The molecule has 4 nitrogen and oxygen atoms in total. The number of furan rings is 1. The first kappa shape index (κ1) is 13.8. The molecule has 3 heterocycles. The maximum Gasteiger partial charge on any atom is 0.178 e. The summed E-state index contributed by atoms with van der Waals surface area (Å²) in [5, 5.41) is 0. The first-order chi connectivity index (χ1) is 11.2. The van der Waals surface area contributed by atoms with E-state index in [0.717, 1.165) is 28.5 Å². The summed E-state index contributed by atoms with van der Waals surface area (Å²) in [4.78, 5) is 9.23. The van der Waals surface area contributed by atoms with E-state index < -0.39 is 0 Å². The Balaban J connectivity index is 1.89. The summed E-state index contributed by atoms with van der Waals surface area (Å²) in [5.74, 6) is 2.46. The summed E-state index contributed by atoms with van der Waals surface area (Å²) in [6, 6.07) is 16.3. The van der Waals surface area contributed by atoms with E-state index in [-0.39, 0.29) is 0 Å². The lowest BCUT2D eigenvalue weighted by Gasteiger charge is -2.08. The summed E-state index contributed by atoms with van der Waals surface area (Å²) < 4.78 is 7.90. The predicted molar refractivity (Wildman–Crippen MR) is 90.2 cm³/mol. The third-order valence-corrected chi connectivity index (χ3v) is 3.89.